The molecule has 0 bridgehead atoms. The Hall–Kier alpha value is -2.98. The van der Waals surface area contributed by atoms with Crippen molar-refractivity contribution >= 4 is 35.3 Å². The molecule has 1 aromatic heterocycles. The number of carbonyl (C=O) groups is 1. The van der Waals surface area contributed by atoms with Crippen LogP contribution in [0.25, 0.3) is 12.2 Å². The monoisotopic (exact) mass is 352 g/mol. The van der Waals surface area contributed by atoms with Crippen LogP contribution in [0.5, 0.6) is 0 Å². The van der Waals surface area contributed by atoms with E-state index in [9.17, 15) is 9.18 Å². The number of nitrogens with zero attached hydrogens (tertiary/aromatic N) is 1. The zero-order valence-corrected chi connectivity index (χ0v) is 13.9. The van der Waals surface area contributed by atoms with Gasteiger partial charge in [0.1, 0.15) is 5.82 Å². The van der Waals surface area contributed by atoms with Crippen LogP contribution in [-0.2, 0) is 0 Å². The number of hydrogen-bond acceptors (Lipinski definition) is 2. The summed E-state index contributed by atoms with van der Waals surface area (Å²) in [5.74, 6) is -1.25. The summed E-state index contributed by atoms with van der Waals surface area (Å²) in [4.78, 5) is 16.5. The lowest BCUT2D eigenvalue weighted by Crippen LogP contribution is -2.14. The second-order valence-corrected chi connectivity index (χ2v) is 5.67. The summed E-state index contributed by atoms with van der Waals surface area (Å²) in [6, 6.07) is 17.0. The number of nitrogens with one attached hydrogen (secondary N) is 1. The van der Waals surface area contributed by atoms with Crippen LogP contribution in [0.3, 0.4) is 0 Å². The van der Waals surface area contributed by atoms with E-state index in [1.165, 1.54) is 18.2 Å². The second-order valence-electron chi connectivity index (χ2n) is 5.26. The van der Waals surface area contributed by atoms with Crippen LogP contribution in [0.4, 0.5) is 10.1 Å². The molecule has 0 atom stereocenters. The van der Waals surface area contributed by atoms with Crippen LogP contribution < -0.4 is 5.32 Å². The fourth-order valence-corrected chi connectivity index (χ4v) is 2.53. The van der Waals surface area contributed by atoms with E-state index in [2.05, 4.69) is 10.3 Å². The van der Waals surface area contributed by atoms with Crippen molar-refractivity contribution < 1.29 is 9.18 Å². The van der Waals surface area contributed by atoms with E-state index >= 15 is 0 Å². The molecule has 1 heterocycles. The molecule has 3 rings (SSSR count). The Morgan fingerprint density at radius 2 is 1.88 bits per heavy atom. The van der Waals surface area contributed by atoms with Crippen molar-refractivity contribution in [3.8, 4) is 0 Å². The van der Waals surface area contributed by atoms with E-state index < -0.39 is 11.7 Å². The van der Waals surface area contributed by atoms with E-state index in [0.717, 1.165) is 11.3 Å². The predicted octanol–water partition coefficient (Wildman–Crippen LogP) is 5.30. The predicted molar refractivity (Wildman–Crippen MR) is 99.0 cm³/mol. The van der Waals surface area contributed by atoms with Gasteiger partial charge in [-0.25, -0.2) is 4.39 Å². The van der Waals surface area contributed by atoms with Gasteiger partial charge in [0, 0.05) is 11.9 Å². The number of aromatic nitrogens is 1. The summed E-state index contributed by atoms with van der Waals surface area (Å²) in [6.45, 7) is 0. The number of benzene rings is 2. The highest BCUT2D eigenvalue weighted by molar-refractivity contribution is 6.34. The number of pyridine rings is 1. The van der Waals surface area contributed by atoms with Gasteiger partial charge in [-0.3, -0.25) is 9.78 Å². The van der Waals surface area contributed by atoms with Crippen molar-refractivity contribution in [2.24, 2.45) is 0 Å². The molecule has 0 radical (unpaired) electrons. The Bertz CT molecular complexity index is 906. The molecule has 0 aliphatic heterocycles. The Morgan fingerprint density at radius 1 is 1.04 bits per heavy atom. The van der Waals surface area contributed by atoms with Crippen molar-refractivity contribution in [2.45, 2.75) is 0 Å². The molecule has 3 aromatic rings. The fourth-order valence-electron chi connectivity index (χ4n) is 2.28. The van der Waals surface area contributed by atoms with Gasteiger partial charge >= 0.3 is 0 Å². The molecule has 0 unspecified atom stereocenters. The van der Waals surface area contributed by atoms with Crippen LogP contribution in [-0.4, -0.2) is 10.9 Å². The molecule has 0 fully saturated rings. The summed E-state index contributed by atoms with van der Waals surface area (Å²) in [7, 11) is 0. The number of amides is 1. The largest absolute Gasteiger partial charge is 0.322 e. The molecule has 2 aromatic carbocycles. The summed E-state index contributed by atoms with van der Waals surface area (Å²) >= 11 is 5.92. The lowest BCUT2D eigenvalue weighted by molar-refractivity contribution is 0.102. The number of halogens is 2. The molecule has 0 spiro atoms. The molecule has 1 N–H and O–H groups in total. The molecule has 25 heavy (non-hydrogen) atoms. The maximum atomic E-state index is 13.8. The molecule has 0 saturated carbocycles. The molecule has 3 nitrogen and oxygen atoms in total. The van der Waals surface area contributed by atoms with E-state index in [1.807, 2.05) is 36.4 Å². The van der Waals surface area contributed by atoms with E-state index in [4.69, 9.17) is 11.6 Å². The minimum Gasteiger partial charge on any atom is -0.322 e. The van der Waals surface area contributed by atoms with Gasteiger partial charge in [-0.1, -0.05) is 41.9 Å². The standard InChI is InChI=1S/C20H14ClFN2O/c21-17-8-4-9-18(22)19(17)20(25)24-16-7-3-5-14(13-16)10-11-15-6-1-2-12-23-15/h1-13H,(H,24,25)/b11-10+. The first kappa shape index (κ1) is 16.9. The first-order chi connectivity index (χ1) is 12.1. The Kier molecular flexibility index (Phi) is 5.21. The first-order valence-electron chi connectivity index (χ1n) is 7.58. The minimum atomic E-state index is -0.656. The van der Waals surface area contributed by atoms with Gasteiger partial charge in [0.2, 0.25) is 0 Å². The van der Waals surface area contributed by atoms with Crippen LogP contribution in [0, 0.1) is 5.82 Å². The third-order valence-corrected chi connectivity index (χ3v) is 3.78. The van der Waals surface area contributed by atoms with Gasteiger partial charge in [0.15, 0.2) is 0 Å². The van der Waals surface area contributed by atoms with Gasteiger partial charge in [-0.05, 0) is 48.0 Å². The molecule has 0 saturated heterocycles. The van der Waals surface area contributed by atoms with Crippen LogP contribution in [0.1, 0.15) is 21.6 Å². The maximum absolute atomic E-state index is 13.8. The molecule has 0 aliphatic carbocycles. The molecular formula is C20H14ClFN2O. The molecule has 124 valence electrons. The Labute approximate surface area is 149 Å². The Morgan fingerprint density at radius 3 is 2.64 bits per heavy atom. The zero-order chi connectivity index (χ0) is 17.6. The third kappa shape index (κ3) is 4.31. The van der Waals surface area contributed by atoms with Crippen molar-refractivity contribution in [2.75, 3.05) is 5.32 Å². The van der Waals surface area contributed by atoms with Gasteiger partial charge in [0.05, 0.1) is 16.3 Å². The van der Waals surface area contributed by atoms with Crippen molar-refractivity contribution in [1.82, 2.24) is 4.98 Å². The van der Waals surface area contributed by atoms with E-state index in [-0.39, 0.29) is 10.6 Å². The number of rotatable bonds is 4. The average molecular weight is 353 g/mol. The summed E-state index contributed by atoms with van der Waals surface area (Å²) < 4.78 is 13.8. The van der Waals surface area contributed by atoms with Gasteiger partial charge in [-0.2, -0.15) is 0 Å². The van der Waals surface area contributed by atoms with Crippen molar-refractivity contribution in [1.29, 1.82) is 0 Å². The fraction of sp³-hybridized carbons (Fsp3) is 0. The third-order valence-electron chi connectivity index (χ3n) is 3.47. The normalized spacial score (nSPS) is 10.8. The van der Waals surface area contributed by atoms with Crippen LogP contribution in [0.2, 0.25) is 5.02 Å². The molecule has 1 amide bonds. The minimum absolute atomic E-state index is 0.0729. The SMILES string of the molecule is O=C(Nc1cccc(/C=C/c2ccccn2)c1)c1c(F)cccc1Cl. The molecule has 5 heteroatoms. The topological polar surface area (TPSA) is 42.0 Å². The molecular weight excluding hydrogens is 339 g/mol. The van der Waals surface area contributed by atoms with Crippen LogP contribution >= 0.6 is 11.6 Å². The van der Waals surface area contributed by atoms with Crippen molar-refractivity contribution in [3.05, 3.63) is 94.5 Å². The first-order valence-corrected chi connectivity index (χ1v) is 7.96. The smallest absolute Gasteiger partial charge is 0.260 e. The zero-order valence-electron chi connectivity index (χ0n) is 13.1. The van der Waals surface area contributed by atoms with Crippen LogP contribution in [0.15, 0.2) is 66.9 Å². The molecule has 0 aliphatic rings. The highest BCUT2D eigenvalue weighted by Crippen LogP contribution is 2.21. The lowest BCUT2D eigenvalue weighted by atomic mass is 10.1. The van der Waals surface area contributed by atoms with E-state index in [0.29, 0.717) is 5.69 Å². The van der Waals surface area contributed by atoms with Gasteiger partial charge in [-0.15, -0.1) is 0 Å². The summed E-state index contributed by atoms with van der Waals surface area (Å²) in [5, 5.41) is 2.74. The number of anilines is 1. The summed E-state index contributed by atoms with van der Waals surface area (Å²) in [5.41, 5.74) is 2.09. The van der Waals surface area contributed by atoms with Crippen molar-refractivity contribution in [3.63, 3.8) is 0 Å². The highest BCUT2D eigenvalue weighted by atomic mass is 35.5. The maximum Gasteiger partial charge on any atom is 0.260 e. The second kappa shape index (κ2) is 7.73. The van der Waals surface area contributed by atoms with E-state index in [1.54, 1.807) is 24.4 Å². The highest BCUT2D eigenvalue weighted by Gasteiger charge is 2.15. The number of hydrogen-bond donors (Lipinski definition) is 1. The Balaban J connectivity index is 1.78. The lowest BCUT2D eigenvalue weighted by Gasteiger charge is -2.08. The number of carbonyl (C=O) groups excluding carboxylic acids is 1. The average Bonchev–Trinajstić information content (AvgIpc) is 2.61. The summed E-state index contributed by atoms with van der Waals surface area (Å²) in [6.07, 6.45) is 5.47. The quantitative estimate of drug-likeness (QED) is 0.692. The van der Waals surface area contributed by atoms with Gasteiger partial charge in [0.25, 0.3) is 5.91 Å². The van der Waals surface area contributed by atoms with Gasteiger partial charge < -0.3 is 5.32 Å².